The molecule has 0 aliphatic carbocycles. The van der Waals surface area contributed by atoms with Crippen LogP contribution in [0.15, 0.2) is 42.5 Å². The lowest BCUT2D eigenvalue weighted by Gasteiger charge is -2.14. The molecule has 0 amide bonds. The zero-order valence-electron chi connectivity index (χ0n) is 9.54. The molecule has 2 aromatic carbocycles. The Morgan fingerprint density at radius 3 is 2.44 bits per heavy atom. The molecule has 94 valence electrons. The maximum absolute atomic E-state index is 12.9. The number of halogens is 3. The summed E-state index contributed by atoms with van der Waals surface area (Å²) in [5.41, 5.74) is 7.77. The highest BCUT2D eigenvalue weighted by Crippen LogP contribution is 2.26. The molecule has 0 heterocycles. The Morgan fingerprint density at radius 2 is 1.78 bits per heavy atom. The summed E-state index contributed by atoms with van der Waals surface area (Å²) in [6.45, 7) is 0. The third-order valence-corrected chi connectivity index (χ3v) is 3.46. The second kappa shape index (κ2) is 5.70. The molecule has 1 nitrogen and oxygen atoms in total. The van der Waals surface area contributed by atoms with Crippen LogP contribution in [-0.2, 0) is 6.42 Å². The van der Waals surface area contributed by atoms with Crippen molar-refractivity contribution in [1.82, 2.24) is 0 Å². The van der Waals surface area contributed by atoms with E-state index in [2.05, 4.69) is 0 Å². The van der Waals surface area contributed by atoms with Crippen LogP contribution in [0.4, 0.5) is 4.39 Å². The number of hydrogen-bond donors (Lipinski definition) is 1. The zero-order chi connectivity index (χ0) is 13.1. The lowest BCUT2D eigenvalue weighted by Crippen LogP contribution is -2.14. The van der Waals surface area contributed by atoms with Crippen LogP contribution in [0, 0.1) is 5.82 Å². The van der Waals surface area contributed by atoms with Crippen LogP contribution in [-0.4, -0.2) is 0 Å². The monoisotopic (exact) mass is 283 g/mol. The number of rotatable bonds is 3. The molecule has 0 saturated heterocycles. The summed E-state index contributed by atoms with van der Waals surface area (Å²) in [5.74, 6) is -0.352. The second-order valence-corrected chi connectivity index (χ2v) is 4.88. The van der Waals surface area contributed by atoms with Gasteiger partial charge in [-0.1, -0.05) is 47.5 Å². The Morgan fingerprint density at radius 1 is 1.06 bits per heavy atom. The molecule has 0 radical (unpaired) electrons. The van der Waals surface area contributed by atoms with Gasteiger partial charge in [0.05, 0.1) is 0 Å². The Hall–Kier alpha value is -1.09. The normalized spacial score (nSPS) is 12.4. The van der Waals surface area contributed by atoms with Gasteiger partial charge in [-0.3, -0.25) is 0 Å². The molecule has 2 aromatic rings. The molecule has 2 N–H and O–H groups in total. The first kappa shape index (κ1) is 13.3. The van der Waals surface area contributed by atoms with Crippen LogP contribution in [0.3, 0.4) is 0 Å². The van der Waals surface area contributed by atoms with Gasteiger partial charge in [-0.2, -0.15) is 0 Å². The Labute approximate surface area is 115 Å². The Balaban J connectivity index is 2.21. The van der Waals surface area contributed by atoms with Crippen LogP contribution in [0.25, 0.3) is 0 Å². The van der Waals surface area contributed by atoms with Gasteiger partial charge in [0, 0.05) is 16.1 Å². The maximum Gasteiger partial charge on any atom is 0.124 e. The minimum Gasteiger partial charge on any atom is -0.324 e. The van der Waals surface area contributed by atoms with Crippen molar-refractivity contribution in [2.24, 2.45) is 5.73 Å². The van der Waals surface area contributed by atoms with Gasteiger partial charge < -0.3 is 5.73 Å². The highest BCUT2D eigenvalue weighted by Gasteiger charge is 2.12. The first-order valence-electron chi connectivity index (χ1n) is 5.52. The van der Waals surface area contributed by atoms with Gasteiger partial charge in [-0.05, 0) is 35.7 Å². The molecule has 0 fully saturated rings. The predicted octanol–water partition coefficient (Wildman–Crippen LogP) is 4.38. The van der Waals surface area contributed by atoms with E-state index in [1.807, 2.05) is 18.2 Å². The molecular weight excluding hydrogens is 272 g/mol. The van der Waals surface area contributed by atoms with Crippen LogP contribution in [0.5, 0.6) is 0 Å². The molecule has 1 atom stereocenters. The molecule has 1 unspecified atom stereocenters. The molecule has 0 spiro atoms. The van der Waals surface area contributed by atoms with E-state index in [9.17, 15) is 4.39 Å². The van der Waals surface area contributed by atoms with Gasteiger partial charge in [0.1, 0.15) is 5.82 Å². The van der Waals surface area contributed by atoms with E-state index in [4.69, 9.17) is 28.9 Å². The van der Waals surface area contributed by atoms with Crippen molar-refractivity contribution >= 4 is 23.2 Å². The minimum absolute atomic E-state index is 0.262. The highest BCUT2D eigenvalue weighted by molar-refractivity contribution is 6.31. The molecule has 0 aromatic heterocycles. The number of hydrogen-bond acceptors (Lipinski definition) is 1. The molecule has 0 aliphatic rings. The van der Waals surface area contributed by atoms with Crippen molar-refractivity contribution in [2.45, 2.75) is 12.5 Å². The predicted molar refractivity (Wildman–Crippen MR) is 73.5 cm³/mol. The second-order valence-electron chi connectivity index (χ2n) is 4.07. The van der Waals surface area contributed by atoms with Crippen LogP contribution >= 0.6 is 23.2 Å². The van der Waals surface area contributed by atoms with Crippen molar-refractivity contribution < 1.29 is 4.39 Å². The molecule has 2 rings (SSSR count). The summed E-state index contributed by atoms with van der Waals surface area (Å²) in [6.07, 6.45) is 0.517. The standard InChI is InChI=1S/C14H12Cl2FN/c15-12-4-2-1-3-11(12)14(18)7-9-5-6-10(17)8-13(9)16/h1-6,8,14H,7,18H2. The number of nitrogens with two attached hydrogens (primary N) is 1. The van der Waals surface area contributed by atoms with E-state index in [0.717, 1.165) is 11.1 Å². The average Bonchev–Trinajstić information content (AvgIpc) is 2.33. The Bertz CT molecular complexity index is 557. The van der Waals surface area contributed by atoms with E-state index in [1.54, 1.807) is 12.1 Å². The highest BCUT2D eigenvalue weighted by atomic mass is 35.5. The molecule has 0 aliphatic heterocycles. The fourth-order valence-corrected chi connectivity index (χ4v) is 2.33. The topological polar surface area (TPSA) is 26.0 Å². The van der Waals surface area contributed by atoms with Gasteiger partial charge >= 0.3 is 0 Å². The number of benzene rings is 2. The molecule has 0 saturated carbocycles. The smallest absolute Gasteiger partial charge is 0.124 e. The lowest BCUT2D eigenvalue weighted by molar-refractivity contribution is 0.625. The van der Waals surface area contributed by atoms with Crippen molar-refractivity contribution in [1.29, 1.82) is 0 Å². The van der Waals surface area contributed by atoms with Crippen LogP contribution in [0.1, 0.15) is 17.2 Å². The first-order valence-corrected chi connectivity index (χ1v) is 6.27. The third kappa shape index (κ3) is 3.02. The average molecular weight is 284 g/mol. The summed E-state index contributed by atoms with van der Waals surface area (Å²) in [4.78, 5) is 0. The zero-order valence-corrected chi connectivity index (χ0v) is 11.0. The third-order valence-electron chi connectivity index (χ3n) is 2.76. The fourth-order valence-electron chi connectivity index (χ4n) is 1.81. The summed E-state index contributed by atoms with van der Waals surface area (Å²) in [6, 6.07) is 11.5. The minimum atomic E-state index is -0.352. The Kier molecular flexibility index (Phi) is 4.23. The van der Waals surface area contributed by atoms with Crippen LogP contribution < -0.4 is 5.73 Å². The van der Waals surface area contributed by atoms with Gasteiger partial charge in [0.2, 0.25) is 0 Å². The van der Waals surface area contributed by atoms with E-state index >= 15 is 0 Å². The van der Waals surface area contributed by atoms with E-state index in [1.165, 1.54) is 12.1 Å². The summed E-state index contributed by atoms with van der Waals surface area (Å²) in [5, 5.41) is 1.01. The van der Waals surface area contributed by atoms with Crippen molar-refractivity contribution in [3.8, 4) is 0 Å². The first-order chi connectivity index (χ1) is 8.58. The summed E-state index contributed by atoms with van der Waals surface area (Å²) >= 11 is 12.0. The summed E-state index contributed by atoms with van der Waals surface area (Å²) in [7, 11) is 0. The van der Waals surface area contributed by atoms with Gasteiger partial charge in [0.15, 0.2) is 0 Å². The quantitative estimate of drug-likeness (QED) is 0.889. The van der Waals surface area contributed by atoms with Crippen molar-refractivity contribution in [3.05, 3.63) is 69.5 Å². The largest absolute Gasteiger partial charge is 0.324 e. The van der Waals surface area contributed by atoms with Crippen LogP contribution in [0.2, 0.25) is 10.0 Å². The van der Waals surface area contributed by atoms with Gasteiger partial charge in [0.25, 0.3) is 0 Å². The van der Waals surface area contributed by atoms with E-state index in [0.29, 0.717) is 16.5 Å². The fraction of sp³-hybridized carbons (Fsp3) is 0.143. The molecule has 4 heteroatoms. The SMILES string of the molecule is NC(Cc1ccc(F)cc1Cl)c1ccccc1Cl. The van der Waals surface area contributed by atoms with E-state index in [-0.39, 0.29) is 11.9 Å². The van der Waals surface area contributed by atoms with Crippen molar-refractivity contribution in [2.75, 3.05) is 0 Å². The lowest BCUT2D eigenvalue weighted by atomic mass is 9.99. The summed E-state index contributed by atoms with van der Waals surface area (Å²) < 4.78 is 12.9. The maximum atomic E-state index is 12.9. The molecule has 18 heavy (non-hydrogen) atoms. The molecular formula is C14H12Cl2FN. The van der Waals surface area contributed by atoms with Gasteiger partial charge in [-0.25, -0.2) is 4.39 Å². The van der Waals surface area contributed by atoms with E-state index < -0.39 is 0 Å². The van der Waals surface area contributed by atoms with Crippen molar-refractivity contribution in [3.63, 3.8) is 0 Å². The van der Waals surface area contributed by atoms with Gasteiger partial charge in [-0.15, -0.1) is 0 Å². The molecule has 0 bridgehead atoms.